The summed E-state index contributed by atoms with van der Waals surface area (Å²) in [5, 5.41) is 10.1. The highest BCUT2D eigenvalue weighted by Crippen LogP contribution is 2.20. The zero-order valence-electron chi connectivity index (χ0n) is 26.1. The lowest BCUT2D eigenvalue weighted by atomic mass is 10.1. The Bertz CT molecular complexity index is 2100. The quantitative estimate of drug-likeness (QED) is 0.160. The molecule has 0 unspecified atom stereocenters. The highest BCUT2D eigenvalue weighted by atomic mass is 16.2. The van der Waals surface area contributed by atoms with E-state index in [0.717, 1.165) is 38.6 Å². The number of carbonyl (C=O) groups is 2. The zero-order valence-corrected chi connectivity index (χ0v) is 26.1. The van der Waals surface area contributed by atoms with Gasteiger partial charge in [0.05, 0.1) is 17.1 Å². The highest BCUT2D eigenvalue weighted by molar-refractivity contribution is 6.06. The number of benzene rings is 4. The summed E-state index contributed by atoms with van der Waals surface area (Å²) >= 11 is 0. The molecule has 0 atom stereocenters. The minimum Gasteiger partial charge on any atom is -0.307 e. The highest BCUT2D eigenvalue weighted by Gasteiger charge is 2.14. The number of nitrogens with one attached hydrogen (secondary N) is 2. The largest absolute Gasteiger partial charge is 0.307 e. The number of rotatable bonds is 10. The fraction of sp³-hybridized carbons (Fsp3) is 0.0750. The van der Waals surface area contributed by atoms with E-state index in [1.807, 2.05) is 127 Å². The van der Waals surface area contributed by atoms with Gasteiger partial charge >= 0.3 is 0 Å². The van der Waals surface area contributed by atoms with Gasteiger partial charge in [0.1, 0.15) is 11.6 Å². The number of pyridine rings is 3. The van der Waals surface area contributed by atoms with Gasteiger partial charge in [-0.15, -0.1) is 0 Å². The molecule has 3 aromatic heterocycles. The van der Waals surface area contributed by atoms with E-state index in [1.54, 1.807) is 18.3 Å². The number of nitrogens with zero attached hydrogens (tertiary/aromatic N) is 4. The predicted octanol–water partition coefficient (Wildman–Crippen LogP) is 7.89. The molecule has 0 fully saturated rings. The van der Waals surface area contributed by atoms with Crippen molar-refractivity contribution < 1.29 is 9.59 Å². The third-order valence-corrected chi connectivity index (χ3v) is 8.00. The summed E-state index contributed by atoms with van der Waals surface area (Å²) in [6.45, 7) is 1.50. The second-order valence-electron chi connectivity index (χ2n) is 11.5. The number of carbonyl (C=O) groups excluding carboxylic acids is 2. The van der Waals surface area contributed by atoms with Crippen LogP contribution in [0.5, 0.6) is 0 Å². The van der Waals surface area contributed by atoms with E-state index in [-0.39, 0.29) is 11.8 Å². The van der Waals surface area contributed by atoms with Crippen LogP contribution in [0, 0.1) is 0 Å². The standard InChI is InChI=1S/C40H32N6O2/c47-39(32-20-18-28-9-1-3-11-30(28)23-32)44-37-16-7-14-35(42-37)26-46(25-34-13-5-6-22-41-34)27-36-15-8-17-38(43-36)45-40(48)33-21-19-29-10-2-4-12-31(29)24-33/h1-24H,25-27H2,(H,42,44,47)(H,43,45,48). The summed E-state index contributed by atoms with van der Waals surface area (Å²) in [6.07, 6.45) is 1.77. The Labute approximate surface area is 278 Å². The molecule has 2 N–H and O–H groups in total. The fourth-order valence-electron chi connectivity index (χ4n) is 5.66. The zero-order chi connectivity index (χ0) is 32.7. The van der Waals surface area contributed by atoms with E-state index >= 15 is 0 Å². The minimum absolute atomic E-state index is 0.220. The van der Waals surface area contributed by atoms with Crippen LogP contribution in [0.4, 0.5) is 11.6 Å². The Kier molecular flexibility index (Phi) is 8.89. The molecule has 0 saturated carbocycles. The molecular weight excluding hydrogens is 596 g/mol. The van der Waals surface area contributed by atoms with Crippen molar-refractivity contribution in [1.82, 2.24) is 19.9 Å². The summed E-state index contributed by atoms with van der Waals surface area (Å²) in [5.41, 5.74) is 3.60. The van der Waals surface area contributed by atoms with Crippen LogP contribution in [0.25, 0.3) is 21.5 Å². The van der Waals surface area contributed by atoms with Crippen molar-refractivity contribution >= 4 is 45.0 Å². The first kappa shape index (κ1) is 30.4. The smallest absolute Gasteiger partial charge is 0.256 e. The van der Waals surface area contributed by atoms with Gasteiger partial charge < -0.3 is 10.6 Å². The lowest BCUT2D eigenvalue weighted by Crippen LogP contribution is -2.24. The van der Waals surface area contributed by atoms with E-state index in [0.29, 0.717) is 42.4 Å². The summed E-state index contributed by atoms with van der Waals surface area (Å²) < 4.78 is 0. The van der Waals surface area contributed by atoms with Gasteiger partial charge in [0.15, 0.2) is 0 Å². The van der Waals surface area contributed by atoms with E-state index < -0.39 is 0 Å². The van der Waals surface area contributed by atoms with E-state index in [4.69, 9.17) is 9.97 Å². The molecule has 7 aromatic rings. The van der Waals surface area contributed by atoms with Crippen molar-refractivity contribution in [3.05, 3.63) is 174 Å². The second kappa shape index (κ2) is 14.0. The number of hydrogen-bond donors (Lipinski definition) is 2. The number of amides is 2. The Morgan fingerprint density at radius 1 is 0.479 bits per heavy atom. The Morgan fingerprint density at radius 2 is 0.938 bits per heavy atom. The van der Waals surface area contributed by atoms with Gasteiger partial charge in [-0.25, -0.2) is 9.97 Å². The van der Waals surface area contributed by atoms with Crippen LogP contribution in [0.2, 0.25) is 0 Å². The van der Waals surface area contributed by atoms with Gasteiger partial charge in [-0.1, -0.05) is 78.9 Å². The first-order valence-corrected chi connectivity index (χ1v) is 15.7. The van der Waals surface area contributed by atoms with Crippen molar-refractivity contribution in [3.63, 3.8) is 0 Å². The van der Waals surface area contributed by atoms with E-state index in [2.05, 4.69) is 20.5 Å². The molecule has 2 amide bonds. The molecule has 0 saturated heterocycles. The monoisotopic (exact) mass is 628 g/mol. The fourth-order valence-corrected chi connectivity index (χ4v) is 5.66. The summed E-state index contributed by atoms with van der Waals surface area (Å²) in [5.74, 6) is 0.505. The van der Waals surface area contributed by atoms with Gasteiger partial charge in [-0.3, -0.25) is 19.5 Å². The van der Waals surface area contributed by atoms with Crippen LogP contribution >= 0.6 is 0 Å². The van der Waals surface area contributed by atoms with Crippen molar-refractivity contribution in [2.75, 3.05) is 10.6 Å². The summed E-state index contributed by atoms with van der Waals surface area (Å²) in [6, 6.07) is 44.2. The van der Waals surface area contributed by atoms with Crippen LogP contribution < -0.4 is 10.6 Å². The average molecular weight is 629 g/mol. The number of fused-ring (bicyclic) bond motifs is 2. The topological polar surface area (TPSA) is 100 Å². The maximum absolute atomic E-state index is 13.1. The first-order valence-electron chi connectivity index (χ1n) is 15.7. The van der Waals surface area contributed by atoms with Gasteiger partial charge in [-0.2, -0.15) is 0 Å². The lowest BCUT2D eigenvalue weighted by Gasteiger charge is -2.22. The number of anilines is 2. The Hall–Kier alpha value is -6.25. The van der Waals surface area contributed by atoms with Crippen LogP contribution in [-0.4, -0.2) is 31.7 Å². The van der Waals surface area contributed by atoms with Gasteiger partial charge in [-0.05, 0) is 82.2 Å². The molecule has 4 aromatic carbocycles. The van der Waals surface area contributed by atoms with Gasteiger partial charge in [0.2, 0.25) is 0 Å². The van der Waals surface area contributed by atoms with Crippen molar-refractivity contribution in [2.24, 2.45) is 0 Å². The molecule has 0 radical (unpaired) electrons. The Morgan fingerprint density at radius 3 is 1.44 bits per heavy atom. The molecule has 0 aliphatic carbocycles. The molecular formula is C40H32N6O2. The molecule has 8 heteroatoms. The second-order valence-corrected chi connectivity index (χ2v) is 11.5. The van der Waals surface area contributed by atoms with Crippen molar-refractivity contribution in [2.45, 2.75) is 19.6 Å². The van der Waals surface area contributed by atoms with Crippen molar-refractivity contribution in [3.8, 4) is 0 Å². The SMILES string of the molecule is O=C(Nc1cccc(CN(Cc2ccccn2)Cc2cccc(NC(=O)c3ccc4ccccc4c3)n2)n1)c1ccc2ccccc2c1. The van der Waals surface area contributed by atoms with Gasteiger partial charge in [0.25, 0.3) is 11.8 Å². The van der Waals surface area contributed by atoms with Crippen molar-refractivity contribution in [1.29, 1.82) is 0 Å². The predicted molar refractivity (Wildman–Crippen MR) is 189 cm³/mol. The lowest BCUT2D eigenvalue weighted by molar-refractivity contribution is 0.101. The Balaban J connectivity index is 1.07. The molecule has 0 aliphatic heterocycles. The third kappa shape index (κ3) is 7.41. The maximum Gasteiger partial charge on any atom is 0.256 e. The molecule has 0 spiro atoms. The molecule has 0 aliphatic rings. The molecule has 7 rings (SSSR count). The first-order chi connectivity index (χ1) is 23.6. The van der Waals surface area contributed by atoms with Crippen LogP contribution in [0.15, 0.2) is 146 Å². The number of hydrogen-bond acceptors (Lipinski definition) is 6. The van der Waals surface area contributed by atoms with Gasteiger partial charge in [0, 0.05) is 37.0 Å². The number of aromatic nitrogens is 3. The molecule has 0 bridgehead atoms. The van der Waals surface area contributed by atoms with Crippen LogP contribution in [-0.2, 0) is 19.6 Å². The van der Waals surface area contributed by atoms with E-state index in [1.165, 1.54) is 0 Å². The molecule has 234 valence electrons. The van der Waals surface area contributed by atoms with E-state index in [9.17, 15) is 9.59 Å². The molecule has 48 heavy (non-hydrogen) atoms. The maximum atomic E-state index is 13.1. The minimum atomic E-state index is -0.220. The summed E-state index contributed by atoms with van der Waals surface area (Å²) in [4.78, 5) is 42.5. The summed E-state index contributed by atoms with van der Waals surface area (Å²) in [7, 11) is 0. The molecule has 3 heterocycles. The normalized spacial score (nSPS) is 11.1. The third-order valence-electron chi connectivity index (χ3n) is 8.00. The average Bonchev–Trinajstić information content (AvgIpc) is 3.12. The van der Waals surface area contributed by atoms with Crippen LogP contribution in [0.3, 0.4) is 0 Å². The molecule has 8 nitrogen and oxygen atoms in total. The van der Waals surface area contributed by atoms with Crippen LogP contribution in [0.1, 0.15) is 37.8 Å².